The lowest BCUT2D eigenvalue weighted by atomic mass is 10.1. The van der Waals surface area contributed by atoms with E-state index in [1.807, 2.05) is 0 Å². The van der Waals surface area contributed by atoms with Crippen LogP contribution in [-0.2, 0) is 14.2 Å². The number of hydrogen-bond donors (Lipinski definition) is 1. The molecule has 27 heavy (non-hydrogen) atoms. The number of hydrogen-bond acceptors (Lipinski definition) is 4. The van der Waals surface area contributed by atoms with Crippen LogP contribution in [0.25, 0.3) is 0 Å². The molecule has 0 bridgehead atoms. The van der Waals surface area contributed by atoms with Crippen LogP contribution in [0, 0.1) is 11.6 Å². The first kappa shape index (κ1) is 20.0. The normalized spacial score (nSPS) is 22.8. The molecule has 3 rings (SSSR count). The molecule has 0 aliphatic carbocycles. The third-order valence-corrected chi connectivity index (χ3v) is 4.74. The van der Waals surface area contributed by atoms with Crippen LogP contribution in [0.15, 0.2) is 18.2 Å². The highest BCUT2D eigenvalue weighted by Gasteiger charge is 2.26. The molecule has 1 aromatic carbocycles. The molecule has 1 aromatic rings. The van der Waals surface area contributed by atoms with Crippen molar-refractivity contribution >= 4 is 6.03 Å². The largest absolute Gasteiger partial charge is 0.379 e. The van der Waals surface area contributed by atoms with E-state index in [-0.39, 0.29) is 12.1 Å². The van der Waals surface area contributed by atoms with E-state index in [9.17, 15) is 13.6 Å². The third kappa shape index (κ3) is 5.85. The Labute approximate surface area is 157 Å². The lowest BCUT2D eigenvalue weighted by Crippen LogP contribution is -2.47. The van der Waals surface area contributed by atoms with Gasteiger partial charge in [0, 0.05) is 26.3 Å². The van der Waals surface area contributed by atoms with Gasteiger partial charge in [-0.1, -0.05) is 6.07 Å². The molecule has 1 N–H and O–H groups in total. The molecule has 6 nitrogen and oxygen atoms in total. The second kappa shape index (κ2) is 9.96. The van der Waals surface area contributed by atoms with E-state index in [1.54, 1.807) is 4.90 Å². The summed E-state index contributed by atoms with van der Waals surface area (Å²) < 4.78 is 43.1. The van der Waals surface area contributed by atoms with Gasteiger partial charge in [-0.05, 0) is 37.0 Å². The molecule has 2 atom stereocenters. The number of nitrogens with zero attached hydrogens (tertiary/aromatic N) is 1. The number of carbonyl (C=O) groups is 1. The summed E-state index contributed by atoms with van der Waals surface area (Å²) in [5.41, 5.74) is 0.522. The van der Waals surface area contributed by atoms with Crippen LogP contribution in [0.3, 0.4) is 0 Å². The maximum Gasteiger partial charge on any atom is 0.317 e. The average molecular weight is 384 g/mol. The van der Waals surface area contributed by atoms with Crippen molar-refractivity contribution in [2.45, 2.75) is 31.5 Å². The number of nitrogens with one attached hydrogen (secondary N) is 1. The van der Waals surface area contributed by atoms with E-state index in [0.717, 1.165) is 38.0 Å². The minimum absolute atomic E-state index is 0.190. The Balaban J connectivity index is 1.35. The highest BCUT2D eigenvalue weighted by Crippen LogP contribution is 2.23. The topological polar surface area (TPSA) is 60.0 Å². The second-order valence-corrected chi connectivity index (χ2v) is 6.77. The number of ether oxygens (including phenoxy) is 3. The molecule has 150 valence electrons. The highest BCUT2D eigenvalue weighted by molar-refractivity contribution is 5.74. The maximum atomic E-state index is 13.4. The molecule has 0 unspecified atom stereocenters. The Bertz CT molecular complexity index is 626. The first-order chi connectivity index (χ1) is 13.1. The molecule has 0 radical (unpaired) electrons. The second-order valence-electron chi connectivity index (χ2n) is 6.77. The maximum absolute atomic E-state index is 13.4. The van der Waals surface area contributed by atoms with Gasteiger partial charge in [-0.2, -0.15) is 0 Å². The number of urea groups is 1. The summed E-state index contributed by atoms with van der Waals surface area (Å²) in [6.07, 6.45) is 2.60. The Hall–Kier alpha value is -1.77. The number of rotatable bonds is 7. The molecule has 2 amide bonds. The van der Waals surface area contributed by atoms with Crippen LogP contribution in [0.4, 0.5) is 13.6 Å². The van der Waals surface area contributed by atoms with Crippen molar-refractivity contribution in [3.63, 3.8) is 0 Å². The zero-order chi connectivity index (χ0) is 19.1. The van der Waals surface area contributed by atoms with Crippen molar-refractivity contribution < 1.29 is 27.8 Å². The fraction of sp³-hybridized carbons (Fsp3) is 0.632. The Kier molecular flexibility index (Phi) is 7.37. The van der Waals surface area contributed by atoms with Gasteiger partial charge in [0.15, 0.2) is 11.6 Å². The van der Waals surface area contributed by atoms with Gasteiger partial charge in [0.25, 0.3) is 0 Å². The molecule has 8 heteroatoms. The summed E-state index contributed by atoms with van der Waals surface area (Å²) in [7, 11) is 0. The van der Waals surface area contributed by atoms with Crippen LogP contribution < -0.4 is 5.32 Å². The van der Waals surface area contributed by atoms with Crippen LogP contribution >= 0.6 is 0 Å². The van der Waals surface area contributed by atoms with Gasteiger partial charge in [0.1, 0.15) is 6.10 Å². The van der Waals surface area contributed by atoms with E-state index >= 15 is 0 Å². The van der Waals surface area contributed by atoms with Crippen LogP contribution in [0.1, 0.15) is 30.9 Å². The van der Waals surface area contributed by atoms with Crippen molar-refractivity contribution in [2.75, 3.05) is 46.1 Å². The van der Waals surface area contributed by atoms with E-state index in [1.165, 1.54) is 6.07 Å². The van der Waals surface area contributed by atoms with Gasteiger partial charge < -0.3 is 24.4 Å². The minimum Gasteiger partial charge on any atom is -0.379 e. The number of amides is 2. The van der Waals surface area contributed by atoms with Gasteiger partial charge >= 0.3 is 6.03 Å². The molecule has 2 saturated heterocycles. The SMILES string of the molecule is O=C(NCCCOC[C@@H]1CCCO1)N1CCO[C@@H](c2ccc(F)c(F)c2)C1. The lowest BCUT2D eigenvalue weighted by Gasteiger charge is -2.33. The Morgan fingerprint density at radius 2 is 2.15 bits per heavy atom. The summed E-state index contributed by atoms with van der Waals surface area (Å²) in [5.74, 6) is -1.81. The summed E-state index contributed by atoms with van der Waals surface area (Å²) in [5, 5.41) is 2.86. The smallest absolute Gasteiger partial charge is 0.317 e. The number of morpholine rings is 1. The predicted octanol–water partition coefficient (Wildman–Crippen LogP) is 2.63. The number of carbonyl (C=O) groups excluding carboxylic acids is 1. The standard InChI is InChI=1S/C19H26F2N2O4/c20-16-5-4-14(11-17(16)21)18-12-23(7-10-27-18)19(24)22-6-2-8-25-13-15-3-1-9-26-15/h4-5,11,15,18H,1-3,6-10,12-13H2,(H,22,24)/t15-,18+/m0/s1. The third-order valence-electron chi connectivity index (χ3n) is 4.74. The van der Waals surface area contributed by atoms with Gasteiger partial charge in [-0.25, -0.2) is 13.6 Å². The van der Waals surface area contributed by atoms with Crippen molar-refractivity contribution in [3.8, 4) is 0 Å². The predicted molar refractivity (Wildman–Crippen MR) is 94.4 cm³/mol. The molecular formula is C19H26F2N2O4. The molecule has 0 spiro atoms. The molecule has 2 aliphatic rings. The zero-order valence-corrected chi connectivity index (χ0v) is 15.3. The monoisotopic (exact) mass is 384 g/mol. The lowest BCUT2D eigenvalue weighted by molar-refractivity contribution is -0.0157. The van der Waals surface area contributed by atoms with E-state index < -0.39 is 17.7 Å². The fourth-order valence-corrected chi connectivity index (χ4v) is 3.22. The van der Waals surface area contributed by atoms with Gasteiger partial charge in [-0.15, -0.1) is 0 Å². The molecule has 2 aliphatic heterocycles. The first-order valence-corrected chi connectivity index (χ1v) is 9.42. The average Bonchev–Trinajstić information content (AvgIpc) is 3.20. The van der Waals surface area contributed by atoms with Crippen molar-refractivity contribution in [1.82, 2.24) is 10.2 Å². The Morgan fingerprint density at radius 1 is 1.26 bits per heavy atom. The van der Waals surface area contributed by atoms with Gasteiger partial charge in [0.05, 0.1) is 25.9 Å². The van der Waals surface area contributed by atoms with E-state index in [4.69, 9.17) is 14.2 Å². The minimum atomic E-state index is -0.916. The quantitative estimate of drug-likeness (QED) is 0.735. The molecule has 2 fully saturated rings. The van der Waals surface area contributed by atoms with Gasteiger partial charge in [-0.3, -0.25) is 0 Å². The van der Waals surface area contributed by atoms with Gasteiger partial charge in [0.2, 0.25) is 0 Å². The van der Waals surface area contributed by atoms with Crippen molar-refractivity contribution in [2.24, 2.45) is 0 Å². The van der Waals surface area contributed by atoms with Crippen LogP contribution in [0.5, 0.6) is 0 Å². The van der Waals surface area contributed by atoms with Crippen molar-refractivity contribution in [3.05, 3.63) is 35.4 Å². The summed E-state index contributed by atoms with van der Waals surface area (Å²) in [6.45, 7) is 3.61. The van der Waals surface area contributed by atoms with Crippen LogP contribution in [-0.4, -0.2) is 63.1 Å². The number of halogens is 2. The van der Waals surface area contributed by atoms with Crippen molar-refractivity contribution in [1.29, 1.82) is 0 Å². The summed E-state index contributed by atoms with van der Waals surface area (Å²) >= 11 is 0. The zero-order valence-electron chi connectivity index (χ0n) is 15.3. The molecule has 0 saturated carbocycles. The summed E-state index contributed by atoms with van der Waals surface area (Å²) in [4.78, 5) is 13.9. The molecule has 0 aromatic heterocycles. The summed E-state index contributed by atoms with van der Waals surface area (Å²) in [6, 6.07) is 3.48. The highest BCUT2D eigenvalue weighted by atomic mass is 19.2. The number of benzene rings is 1. The molecular weight excluding hydrogens is 358 g/mol. The molecule has 2 heterocycles. The first-order valence-electron chi connectivity index (χ1n) is 9.42. The fourth-order valence-electron chi connectivity index (χ4n) is 3.22. The van der Waals surface area contributed by atoms with Crippen LogP contribution in [0.2, 0.25) is 0 Å². The van der Waals surface area contributed by atoms with E-state index in [2.05, 4.69) is 5.32 Å². The van der Waals surface area contributed by atoms with E-state index in [0.29, 0.717) is 45.0 Å². The Morgan fingerprint density at radius 3 is 2.93 bits per heavy atom.